The van der Waals surface area contributed by atoms with Crippen LogP contribution in [0.2, 0.25) is 0 Å². The lowest BCUT2D eigenvalue weighted by atomic mass is 9.64. The summed E-state index contributed by atoms with van der Waals surface area (Å²) in [5, 5.41) is 0. The first-order valence-corrected chi connectivity index (χ1v) is 11.6. The predicted molar refractivity (Wildman–Crippen MR) is 104 cm³/mol. The molecule has 3 aliphatic carbocycles. The van der Waals surface area contributed by atoms with Gasteiger partial charge in [0, 0.05) is 6.61 Å². The molecule has 0 aromatic heterocycles. The topological polar surface area (TPSA) is 9.23 Å². The highest BCUT2D eigenvalue weighted by atomic mass is 19.2. The SMILES string of the molecule is CCCOC1CCC(C2CCC(C3CCC(CC)CC3)C(F)C2)C(F)C1F. The van der Waals surface area contributed by atoms with E-state index in [4.69, 9.17) is 4.74 Å². The molecule has 0 saturated heterocycles. The molecule has 3 aliphatic rings. The highest BCUT2D eigenvalue weighted by Gasteiger charge is 2.47. The van der Waals surface area contributed by atoms with Crippen LogP contribution in [0.4, 0.5) is 13.2 Å². The highest BCUT2D eigenvalue weighted by molar-refractivity contribution is 4.95. The van der Waals surface area contributed by atoms with E-state index in [-0.39, 0.29) is 17.8 Å². The lowest BCUT2D eigenvalue weighted by molar-refractivity contribution is -0.0920. The monoisotopic (exact) mass is 388 g/mol. The van der Waals surface area contributed by atoms with Crippen LogP contribution >= 0.6 is 0 Å². The van der Waals surface area contributed by atoms with Gasteiger partial charge in [-0.05, 0) is 81.0 Å². The van der Waals surface area contributed by atoms with E-state index < -0.39 is 24.6 Å². The van der Waals surface area contributed by atoms with E-state index in [1.54, 1.807) is 0 Å². The van der Waals surface area contributed by atoms with Crippen molar-refractivity contribution in [2.75, 3.05) is 6.61 Å². The molecule has 0 radical (unpaired) electrons. The Morgan fingerprint density at radius 1 is 0.741 bits per heavy atom. The fraction of sp³-hybridized carbons (Fsp3) is 1.00. The molecule has 0 amide bonds. The zero-order valence-electron chi connectivity index (χ0n) is 17.2. The van der Waals surface area contributed by atoms with E-state index in [0.29, 0.717) is 31.8 Å². The van der Waals surface area contributed by atoms with Crippen molar-refractivity contribution >= 4 is 0 Å². The quantitative estimate of drug-likeness (QED) is 0.484. The summed E-state index contributed by atoms with van der Waals surface area (Å²) in [4.78, 5) is 0. The smallest absolute Gasteiger partial charge is 0.157 e. The molecule has 1 nitrogen and oxygen atoms in total. The second kappa shape index (κ2) is 9.98. The Morgan fingerprint density at radius 2 is 1.41 bits per heavy atom. The molecule has 3 fully saturated rings. The summed E-state index contributed by atoms with van der Waals surface area (Å²) in [5.41, 5.74) is 0. The van der Waals surface area contributed by atoms with Crippen molar-refractivity contribution in [1.82, 2.24) is 0 Å². The number of rotatable bonds is 6. The molecule has 0 bridgehead atoms. The fourth-order valence-electron chi connectivity index (χ4n) is 6.17. The molecule has 0 heterocycles. The van der Waals surface area contributed by atoms with E-state index in [0.717, 1.165) is 38.0 Å². The second-order valence-electron chi connectivity index (χ2n) is 9.48. The Bertz CT molecular complexity index is 437. The standard InChI is InChI=1S/C23H39F3O/c1-3-13-27-21-12-11-19(22(25)23(21)26)17-9-10-18(20(24)14-17)16-7-5-15(4-2)6-8-16/h15-23H,3-14H2,1-2H3. The molecular weight excluding hydrogens is 349 g/mol. The summed E-state index contributed by atoms with van der Waals surface area (Å²) in [7, 11) is 0. The average Bonchev–Trinajstić information content (AvgIpc) is 2.69. The summed E-state index contributed by atoms with van der Waals surface area (Å²) in [5.74, 6) is 1.18. The largest absolute Gasteiger partial charge is 0.375 e. The van der Waals surface area contributed by atoms with Crippen molar-refractivity contribution in [3.63, 3.8) is 0 Å². The van der Waals surface area contributed by atoms with Crippen molar-refractivity contribution in [2.45, 2.75) is 109 Å². The third kappa shape index (κ3) is 5.03. The van der Waals surface area contributed by atoms with E-state index in [9.17, 15) is 8.78 Å². The first-order chi connectivity index (χ1) is 13.0. The Morgan fingerprint density at radius 3 is 2.04 bits per heavy atom. The van der Waals surface area contributed by atoms with Crippen LogP contribution in [0.25, 0.3) is 0 Å². The zero-order valence-corrected chi connectivity index (χ0v) is 17.2. The van der Waals surface area contributed by atoms with Gasteiger partial charge in [-0.15, -0.1) is 0 Å². The van der Waals surface area contributed by atoms with E-state index in [1.165, 1.54) is 19.3 Å². The third-order valence-corrected chi connectivity index (χ3v) is 7.93. The first kappa shape index (κ1) is 21.5. The Kier molecular flexibility index (Phi) is 7.93. The molecule has 4 heteroatoms. The summed E-state index contributed by atoms with van der Waals surface area (Å²) in [6.45, 7) is 4.71. The number of hydrogen-bond donors (Lipinski definition) is 0. The highest BCUT2D eigenvalue weighted by Crippen LogP contribution is 2.47. The van der Waals surface area contributed by atoms with Gasteiger partial charge >= 0.3 is 0 Å². The van der Waals surface area contributed by atoms with Crippen molar-refractivity contribution in [3.8, 4) is 0 Å². The molecular formula is C23H39F3O. The van der Waals surface area contributed by atoms with Crippen LogP contribution in [0.3, 0.4) is 0 Å². The minimum atomic E-state index is -1.55. The number of halogens is 3. The average molecular weight is 389 g/mol. The van der Waals surface area contributed by atoms with Crippen molar-refractivity contribution in [2.24, 2.45) is 29.6 Å². The Hall–Kier alpha value is -0.250. The molecule has 7 unspecified atom stereocenters. The van der Waals surface area contributed by atoms with Gasteiger partial charge in [-0.3, -0.25) is 0 Å². The maximum Gasteiger partial charge on any atom is 0.157 e. The van der Waals surface area contributed by atoms with E-state index in [2.05, 4.69) is 6.92 Å². The minimum Gasteiger partial charge on any atom is -0.375 e. The number of ether oxygens (including phenoxy) is 1. The van der Waals surface area contributed by atoms with Gasteiger partial charge in [0.15, 0.2) is 6.17 Å². The van der Waals surface area contributed by atoms with Gasteiger partial charge in [0.05, 0.1) is 6.10 Å². The van der Waals surface area contributed by atoms with Crippen LogP contribution in [-0.2, 0) is 4.74 Å². The van der Waals surface area contributed by atoms with Crippen molar-refractivity contribution in [1.29, 1.82) is 0 Å². The first-order valence-electron chi connectivity index (χ1n) is 11.6. The molecule has 0 aromatic carbocycles. The van der Waals surface area contributed by atoms with Crippen molar-refractivity contribution < 1.29 is 17.9 Å². The van der Waals surface area contributed by atoms with Gasteiger partial charge in [0.1, 0.15) is 12.3 Å². The van der Waals surface area contributed by atoms with Crippen LogP contribution in [0.15, 0.2) is 0 Å². The van der Waals surface area contributed by atoms with E-state index in [1.807, 2.05) is 6.92 Å². The second-order valence-corrected chi connectivity index (χ2v) is 9.48. The predicted octanol–water partition coefficient (Wildman–Crippen LogP) is 6.84. The maximum atomic E-state index is 15.0. The van der Waals surface area contributed by atoms with Crippen LogP contribution < -0.4 is 0 Å². The molecule has 0 aliphatic heterocycles. The minimum absolute atomic E-state index is 0.00334. The lowest BCUT2D eigenvalue weighted by Gasteiger charge is -2.44. The normalized spacial score (nSPS) is 46.3. The molecule has 27 heavy (non-hydrogen) atoms. The van der Waals surface area contributed by atoms with Crippen LogP contribution in [0, 0.1) is 29.6 Å². The summed E-state index contributed by atoms with van der Waals surface area (Å²) in [6, 6.07) is 0. The molecule has 7 atom stereocenters. The third-order valence-electron chi connectivity index (χ3n) is 7.93. The molecule has 0 spiro atoms. The maximum absolute atomic E-state index is 15.0. The fourth-order valence-corrected chi connectivity index (χ4v) is 6.17. The van der Waals surface area contributed by atoms with Gasteiger partial charge in [-0.1, -0.05) is 33.1 Å². The van der Waals surface area contributed by atoms with E-state index >= 15 is 4.39 Å². The Balaban J connectivity index is 1.51. The van der Waals surface area contributed by atoms with Crippen LogP contribution in [0.1, 0.15) is 84.5 Å². The Labute approximate surface area is 163 Å². The van der Waals surface area contributed by atoms with Gasteiger partial charge < -0.3 is 4.74 Å². The molecule has 158 valence electrons. The molecule has 0 aromatic rings. The molecule has 0 N–H and O–H groups in total. The summed E-state index contributed by atoms with van der Waals surface area (Å²) >= 11 is 0. The van der Waals surface area contributed by atoms with Gasteiger partial charge in [0.2, 0.25) is 0 Å². The number of alkyl halides is 3. The zero-order chi connectivity index (χ0) is 19.4. The van der Waals surface area contributed by atoms with Gasteiger partial charge in [-0.25, -0.2) is 13.2 Å². The van der Waals surface area contributed by atoms with Crippen molar-refractivity contribution in [3.05, 3.63) is 0 Å². The summed E-state index contributed by atoms with van der Waals surface area (Å²) in [6.07, 6.45) is 5.78. The van der Waals surface area contributed by atoms with Gasteiger partial charge in [0.25, 0.3) is 0 Å². The summed E-state index contributed by atoms with van der Waals surface area (Å²) < 4.78 is 49.8. The molecule has 3 saturated carbocycles. The lowest BCUT2D eigenvalue weighted by Crippen LogP contribution is -2.47. The number of hydrogen-bond acceptors (Lipinski definition) is 1. The van der Waals surface area contributed by atoms with Gasteiger partial charge in [-0.2, -0.15) is 0 Å². The van der Waals surface area contributed by atoms with Crippen LogP contribution in [0.5, 0.6) is 0 Å². The molecule has 3 rings (SSSR count). The van der Waals surface area contributed by atoms with Crippen LogP contribution in [-0.4, -0.2) is 31.2 Å².